The van der Waals surface area contributed by atoms with Crippen molar-refractivity contribution < 1.29 is 4.42 Å². The number of rotatable bonds is 0. The first kappa shape index (κ1) is 16.8. The third-order valence-electron chi connectivity index (χ3n) is 7.75. The summed E-state index contributed by atoms with van der Waals surface area (Å²) in [6.45, 7) is 4.73. The molecule has 0 aliphatic heterocycles. The summed E-state index contributed by atoms with van der Waals surface area (Å²) >= 11 is 0. The van der Waals surface area contributed by atoms with E-state index in [4.69, 9.17) is 4.42 Å². The average Bonchev–Trinajstić information content (AvgIpc) is 3.31. The van der Waals surface area contributed by atoms with Crippen molar-refractivity contribution >= 4 is 54.3 Å². The second kappa shape index (κ2) is 5.31. The molecule has 0 fully saturated rings. The van der Waals surface area contributed by atoms with Crippen LogP contribution in [0.15, 0.2) is 89.3 Å². The maximum Gasteiger partial charge on any atom is 0.144 e. The van der Waals surface area contributed by atoms with E-state index in [-0.39, 0.29) is 5.41 Å². The van der Waals surface area contributed by atoms with Gasteiger partial charge in [0.1, 0.15) is 11.2 Å². The molecular formula is C31H20O. The Bertz CT molecular complexity index is 1900. The molecule has 1 aromatic heterocycles. The van der Waals surface area contributed by atoms with Crippen LogP contribution in [0.3, 0.4) is 0 Å². The first-order chi connectivity index (χ1) is 15.6. The minimum atomic E-state index is -0.0971. The van der Waals surface area contributed by atoms with E-state index in [0.29, 0.717) is 0 Å². The molecule has 32 heavy (non-hydrogen) atoms. The predicted molar refractivity (Wildman–Crippen MR) is 135 cm³/mol. The van der Waals surface area contributed by atoms with Crippen LogP contribution in [0.2, 0.25) is 0 Å². The van der Waals surface area contributed by atoms with Crippen molar-refractivity contribution in [3.8, 4) is 11.1 Å². The fourth-order valence-electron chi connectivity index (χ4n) is 6.46. The third-order valence-corrected chi connectivity index (χ3v) is 7.75. The summed E-state index contributed by atoms with van der Waals surface area (Å²) in [5, 5.41) is 10.3. The normalized spacial score (nSPS) is 14.8. The molecule has 1 aliphatic carbocycles. The lowest BCUT2D eigenvalue weighted by molar-refractivity contribution is 0.657. The summed E-state index contributed by atoms with van der Waals surface area (Å²) < 4.78 is 6.69. The van der Waals surface area contributed by atoms with Gasteiger partial charge in [0.15, 0.2) is 0 Å². The molecule has 0 spiro atoms. The standard InChI is InChI=1S/C31H20O/c1-31(2)23-12-5-3-9-19(23)22-16-18-15-14-17-8-7-11-21-25(17)26(18)28(29(22)31)30-27(21)20-10-4-6-13-24(20)32-30/h3-16H,1-2H3. The van der Waals surface area contributed by atoms with Crippen molar-refractivity contribution in [2.24, 2.45) is 0 Å². The van der Waals surface area contributed by atoms with Gasteiger partial charge < -0.3 is 4.42 Å². The Labute approximate surface area is 185 Å². The Hall–Kier alpha value is -3.84. The lowest BCUT2D eigenvalue weighted by Crippen LogP contribution is -2.15. The highest BCUT2D eigenvalue weighted by Gasteiger charge is 2.38. The van der Waals surface area contributed by atoms with Crippen LogP contribution in [-0.4, -0.2) is 0 Å². The van der Waals surface area contributed by atoms with Crippen LogP contribution >= 0.6 is 0 Å². The van der Waals surface area contributed by atoms with Gasteiger partial charge in [0.25, 0.3) is 0 Å². The molecule has 1 aliphatic rings. The maximum absolute atomic E-state index is 6.69. The van der Waals surface area contributed by atoms with Crippen LogP contribution in [0.4, 0.5) is 0 Å². The topological polar surface area (TPSA) is 13.1 Å². The molecule has 0 saturated heterocycles. The fraction of sp³-hybridized carbons (Fsp3) is 0.0968. The van der Waals surface area contributed by atoms with Gasteiger partial charge in [-0.25, -0.2) is 0 Å². The van der Waals surface area contributed by atoms with E-state index in [1.807, 2.05) is 0 Å². The van der Waals surface area contributed by atoms with Crippen molar-refractivity contribution in [2.45, 2.75) is 19.3 Å². The summed E-state index contributed by atoms with van der Waals surface area (Å²) in [4.78, 5) is 0. The number of para-hydroxylation sites is 1. The summed E-state index contributed by atoms with van der Waals surface area (Å²) in [5.41, 5.74) is 7.38. The summed E-state index contributed by atoms with van der Waals surface area (Å²) in [7, 11) is 0. The third kappa shape index (κ3) is 1.75. The van der Waals surface area contributed by atoms with Gasteiger partial charge in [-0.3, -0.25) is 0 Å². The number of hydrogen-bond acceptors (Lipinski definition) is 1. The SMILES string of the molecule is CC1(C)c2ccccc2-c2cc3ccc4cccc5c6c7ccccc7oc6c(c21)c3c45. The van der Waals surface area contributed by atoms with Crippen molar-refractivity contribution in [2.75, 3.05) is 0 Å². The molecule has 0 unspecified atom stereocenters. The summed E-state index contributed by atoms with van der Waals surface area (Å²) in [5.74, 6) is 0. The highest BCUT2D eigenvalue weighted by Crippen LogP contribution is 2.56. The number of furan rings is 1. The molecule has 0 N–H and O–H groups in total. The van der Waals surface area contributed by atoms with Crippen LogP contribution in [-0.2, 0) is 5.41 Å². The Morgan fingerprint density at radius 2 is 1.38 bits per heavy atom. The van der Waals surface area contributed by atoms with Crippen LogP contribution in [0.1, 0.15) is 25.0 Å². The smallest absolute Gasteiger partial charge is 0.144 e. The molecule has 0 bridgehead atoms. The van der Waals surface area contributed by atoms with Crippen LogP contribution in [0, 0.1) is 0 Å². The molecule has 7 aromatic rings. The van der Waals surface area contributed by atoms with Crippen molar-refractivity contribution in [3.05, 3.63) is 96.1 Å². The quantitative estimate of drug-likeness (QED) is 0.229. The van der Waals surface area contributed by atoms with Crippen LogP contribution < -0.4 is 0 Å². The van der Waals surface area contributed by atoms with Gasteiger partial charge in [-0.05, 0) is 55.9 Å². The van der Waals surface area contributed by atoms with E-state index in [1.54, 1.807) is 0 Å². The second-order valence-corrected chi connectivity index (χ2v) is 9.71. The van der Waals surface area contributed by atoms with E-state index < -0.39 is 0 Å². The van der Waals surface area contributed by atoms with Gasteiger partial charge in [0, 0.05) is 27.0 Å². The molecule has 150 valence electrons. The van der Waals surface area contributed by atoms with E-state index in [2.05, 4.69) is 98.8 Å². The summed E-state index contributed by atoms with van der Waals surface area (Å²) in [6, 6.07) is 31.0. The van der Waals surface area contributed by atoms with Gasteiger partial charge in [0.05, 0.1) is 0 Å². The first-order valence-corrected chi connectivity index (χ1v) is 11.3. The average molecular weight is 409 g/mol. The van der Waals surface area contributed by atoms with E-state index in [9.17, 15) is 0 Å². The molecule has 1 heteroatoms. The molecule has 0 amide bonds. The van der Waals surface area contributed by atoms with Crippen molar-refractivity contribution in [1.82, 2.24) is 0 Å². The van der Waals surface area contributed by atoms with Gasteiger partial charge in [-0.15, -0.1) is 0 Å². The van der Waals surface area contributed by atoms with Gasteiger partial charge >= 0.3 is 0 Å². The minimum Gasteiger partial charge on any atom is -0.455 e. The Kier molecular flexibility index (Phi) is 2.79. The number of hydrogen-bond donors (Lipinski definition) is 0. The van der Waals surface area contributed by atoms with Gasteiger partial charge in [-0.1, -0.05) is 86.6 Å². The van der Waals surface area contributed by atoms with E-state index in [0.717, 1.165) is 11.2 Å². The lowest BCUT2D eigenvalue weighted by atomic mass is 9.78. The largest absolute Gasteiger partial charge is 0.455 e. The molecule has 0 atom stereocenters. The summed E-state index contributed by atoms with van der Waals surface area (Å²) in [6.07, 6.45) is 0. The van der Waals surface area contributed by atoms with Crippen molar-refractivity contribution in [1.29, 1.82) is 0 Å². The number of fused-ring (bicyclic) bond motifs is 9. The van der Waals surface area contributed by atoms with Crippen LogP contribution in [0.5, 0.6) is 0 Å². The molecule has 1 heterocycles. The maximum atomic E-state index is 6.69. The molecule has 0 saturated carbocycles. The predicted octanol–water partition coefficient (Wildman–Crippen LogP) is 8.79. The highest BCUT2D eigenvalue weighted by molar-refractivity contribution is 6.38. The van der Waals surface area contributed by atoms with E-state index in [1.165, 1.54) is 65.3 Å². The monoisotopic (exact) mass is 408 g/mol. The fourth-order valence-corrected chi connectivity index (χ4v) is 6.46. The second-order valence-electron chi connectivity index (χ2n) is 9.71. The van der Waals surface area contributed by atoms with Gasteiger partial charge in [0.2, 0.25) is 0 Å². The van der Waals surface area contributed by atoms with Gasteiger partial charge in [-0.2, -0.15) is 0 Å². The Morgan fingerprint density at radius 3 is 2.31 bits per heavy atom. The van der Waals surface area contributed by atoms with Crippen molar-refractivity contribution in [3.63, 3.8) is 0 Å². The Balaban J connectivity index is 1.77. The zero-order valence-electron chi connectivity index (χ0n) is 18.0. The van der Waals surface area contributed by atoms with E-state index >= 15 is 0 Å². The lowest BCUT2D eigenvalue weighted by Gasteiger charge is -2.24. The molecule has 0 radical (unpaired) electrons. The Morgan fingerprint density at radius 1 is 0.594 bits per heavy atom. The minimum absolute atomic E-state index is 0.0971. The number of benzene rings is 6. The van der Waals surface area contributed by atoms with Crippen LogP contribution in [0.25, 0.3) is 65.4 Å². The highest BCUT2D eigenvalue weighted by atomic mass is 16.3. The molecular weight excluding hydrogens is 388 g/mol. The molecule has 6 aromatic carbocycles. The first-order valence-electron chi connectivity index (χ1n) is 11.3. The molecule has 1 nitrogen and oxygen atoms in total. The zero-order valence-corrected chi connectivity index (χ0v) is 18.0. The molecule has 8 rings (SSSR count). The zero-order chi connectivity index (χ0) is 21.2.